The Morgan fingerprint density at radius 3 is 1.63 bits per heavy atom. The van der Waals surface area contributed by atoms with E-state index < -0.39 is 33.8 Å². The number of carbonyl (C=O) groups is 2. The molecule has 0 aliphatic carbocycles. The van der Waals surface area contributed by atoms with Crippen LogP contribution in [0.3, 0.4) is 0 Å². The zero-order valence-electron chi connectivity index (χ0n) is 16.3. The Hall–Kier alpha value is -2.98. The summed E-state index contributed by atoms with van der Waals surface area (Å²) in [6.07, 6.45) is 1.07. The van der Waals surface area contributed by atoms with Crippen LogP contribution in [0.1, 0.15) is 41.5 Å². The first-order valence-corrected chi connectivity index (χ1v) is 8.19. The van der Waals surface area contributed by atoms with Crippen molar-refractivity contribution in [1.82, 2.24) is 9.97 Å². The predicted octanol–water partition coefficient (Wildman–Crippen LogP) is 1.89. The molecule has 0 saturated heterocycles. The Kier molecular flexibility index (Phi) is 7.03. The van der Waals surface area contributed by atoms with Crippen LogP contribution >= 0.6 is 0 Å². The molecule has 0 bridgehead atoms. The normalized spacial score (nSPS) is 11.5. The monoisotopic (exact) mass is 383 g/mol. The van der Waals surface area contributed by atoms with Crippen LogP contribution in [0.15, 0.2) is 6.33 Å². The largest absolute Gasteiger partial charge is 0.459 e. The van der Waals surface area contributed by atoms with Crippen LogP contribution in [0.25, 0.3) is 0 Å². The van der Waals surface area contributed by atoms with Gasteiger partial charge in [-0.1, -0.05) is 0 Å². The second-order valence-corrected chi connectivity index (χ2v) is 7.56. The van der Waals surface area contributed by atoms with Crippen LogP contribution in [-0.2, 0) is 19.1 Å². The van der Waals surface area contributed by atoms with Crippen molar-refractivity contribution in [3.63, 3.8) is 0 Å². The van der Waals surface area contributed by atoms with E-state index in [0.29, 0.717) is 0 Å². The minimum atomic E-state index is -0.713. The van der Waals surface area contributed by atoms with Gasteiger partial charge in [-0.3, -0.25) is 19.7 Å². The number of ether oxygens (including phenoxy) is 2. The van der Waals surface area contributed by atoms with E-state index in [9.17, 15) is 19.7 Å². The average molecular weight is 383 g/mol. The smallest absolute Gasteiger partial charge is 0.353 e. The Labute approximate surface area is 157 Å². The first-order chi connectivity index (χ1) is 12.3. The van der Waals surface area contributed by atoms with Crippen molar-refractivity contribution in [3.8, 4) is 0 Å². The molecule has 0 saturated carbocycles. The third kappa shape index (κ3) is 8.29. The van der Waals surface area contributed by atoms with Gasteiger partial charge in [-0.15, -0.1) is 0 Å². The average Bonchev–Trinajstić information content (AvgIpc) is 2.47. The van der Waals surface area contributed by atoms with Crippen molar-refractivity contribution in [3.05, 3.63) is 16.4 Å². The van der Waals surface area contributed by atoms with E-state index in [0.717, 1.165) is 6.33 Å². The summed E-state index contributed by atoms with van der Waals surface area (Å²) in [5.41, 5.74) is -1.86. The molecule has 1 rings (SSSR count). The van der Waals surface area contributed by atoms with E-state index in [2.05, 4.69) is 20.6 Å². The van der Waals surface area contributed by atoms with Crippen LogP contribution in [0.5, 0.6) is 0 Å². The van der Waals surface area contributed by atoms with E-state index in [4.69, 9.17) is 9.47 Å². The number of anilines is 2. The summed E-state index contributed by atoms with van der Waals surface area (Å²) >= 11 is 0. The molecule has 0 unspecified atom stereocenters. The molecule has 0 spiro atoms. The minimum Gasteiger partial charge on any atom is -0.459 e. The molecule has 1 aromatic rings. The lowest BCUT2D eigenvalue weighted by molar-refractivity contribution is -0.383. The quantitative estimate of drug-likeness (QED) is 0.406. The van der Waals surface area contributed by atoms with Crippen molar-refractivity contribution < 1.29 is 24.0 Å². The molecule has 0 atom stereocenters. The third-order valence-electron chi connectivity index (χ3n) is 2.65. The zero-order chi connectivity index (χ0) is 20.8. The first-order valence-electron chi connectivity index (χ1n) is 8.19. The highest BCUT2D eigenvalue weighted by Crippen LogP contribution is 2.28. The van der Waals surface area contributed by atoms with Gasteiger partial charge in [-0.25, -0.2) is 9.97 Å². The fourth-order valence-corrected chi connectivity index (χ4v) is 1.88. The van der Waals surface area contributed by atoms with Gasteiger partial charge in [0.15, 0.2) is 0 Å². The topological polar surface area (TPSA) is 146 Å². The van der Waals surface area contributed by atoms with Crippen molar-refractivity contribution in [2.45, 2.75) is 52.7 Å². The van der Waals surface area contributed by atoms with Crippen molar-refractivity contribution in [1.29, 1.82) is 0 Å². The molecule has 11 heteroatoms. The van der Waals surface area contributed by atoms with E-state index in [-0.39, 0.29) is 24.7 Å². The van der Waals surface area contributed by atoms with Gasteiger partial charge in [0, 0.05) is 0 Å². The number of hydrogen-bond donors (Lipinski definition) is 2. The predicted molar refractivity (Wildman–Crippen MR) is 97.4 cm³/mol. The molecule has 2 N–H and O–H groups in total. The van der Waals surface area contributed by atoms with Crippen molar-refractivity contribution >= 4 is 29.3 Å². The van der Waals surface area contributed by atoms with Gasteiger partial charge < -0.3 is 20.1 Å². The van der Waals surface area contributed by atoms with Crippen LogP contribution in [0.4, 0.5) is 17.3 Å². The first kappa shape index (κ1) is 22.1. The van der Waals surface area contributed by atoms with Gasteiger partial charge in [0.2, 0.25) is 11.6 Å². The molecule has 0 fully saturated rings. The maximum atomic E-state index is 11.8. The zero-order valence-corrected chi connectivity index (χ0v) is 16.3. The highest BCUT2D eigenvalue weighted by atomic mass is 16.6. The molecule has 0 aliphatic rings. The van der Waals surface area contributed by atoms with Crippen molar-refractivity contribution in [2.24, 2.45) is 0 Å². The summed E-state index contributed by atoms with van der Waals surface area (Å²) < 4.78 is 10.2. The van der Waals surface area contributed by atoms with Crippen molar-refractivity contribution in [2.75, 3.05) is 23.7 Å². The maximum absolute atomic E-state index is 11.8. The number of aromatic nitrogens is 2. The second kappa shape index (κ2) is 8.60. The Morgan fingerprint density at radius 2 is 1.33 bits per heavy atom. The second-order valence-electron chi connectivity index (χ2n) is 7.56. The highest BCUT2D eigenvalue weighted by Gasteiger charge is 2.25. The SMILES string of the molecule is CC(C)(C)OC(=O)CNc1ncnc(NCC(=O)OC(C)(C)C)c1[N+](=O)[O-]. The van der Waals surface area contributed by atoms with Crippen LogP contribution in [0, 0.1) is 10.1 Å². The number of nitro groups is 1. The van der Waals surface area contributed by atoms with Gasteiger partial charge in [-0.2, -0.15) is 0 Å². The molecule has 0 amide bonds. The summed E-state index contributed by atoms with van der Waals surface area (Å²) in [7, 11) is 0. The third-order valence-corrected chi connectivity index (χ3v) is 2.65. The fourth-order valence-electron chi connectivity index (χ4n) is 1.88. The van der Waals surface area contributed by atoms with E-state index in [1.54, 1.807) is 41.5 Å². The number of nitrogens with one attached hydrogen (secondary N) is 2. The van der Waals surface area contributed by atoms with Crippen LogP contribution in [-0.4, -0.2) is 51.1 Å². The molecule has 0 aromatic carbocycles. The van der Waals surface area contributed by atoms with Gasteiger partial charge in [0.25, 0.3) is 0 Å². The highest BCUT2D eigenvalue weighted by molar-refractivity contribution is 5.80. The maximum Gasteiger partial charge on any atom is 0.353 e. The molecule has 150 valence electrons. The number of rotatable bonds is 7. The summed E-state index contributed by atoms with van der Waals surface area (Å²) in [6.45, 7) is 9.59. The molecular weight excluding hydrogens is 358 g/mol. The van der Waals surface area contributed by atoms with Gasteiger partial charge in [0.1, 0.15) is 30.6 Å². The molecule has 1 heterocycles. The minimum absolute atomic E-state index is 0.174. The van der Waals surface area contributed by atoms with E-state index in [1.165, 1.54) is 0 Å². The van der Waals surface area contributed by atoms with Gasteiger partial charge in [0.05, 0.1) is 4.92 Å². The lowest BCUT2D eigenvalue weighted by Gasteiger charge is -2.20. The number of nitrogens with zero attached hydrogens (tertiary/aromatic N) is 3. The lowest BCUT2D eigenvalue weighted by Crippen LogP contribution is -2.29. The van der Waals surface area contributed by atoms with Gasteiger partial charge in [-0.05, 0) is 41.5 Å². The standard InChI is InChI=1S/C16H25N5O6/c1-15(2,3)26-10(22)7-17-13-12(21(24)25)14(20-9-19-13)18-8-11(23)27-16(4,5)6/h9H,7-8H2,1-6H3,(H2,17,18,19,20). The Bertz CT molecular complexity index is 658. The summed E-state index contributed by atoms with van der Waals surface area (Å²) in [6, 6.07) is 0. The number of esters is 2. The van der Waals surface area contributed by atoms with E-state index in [1.807, 2.05) is 0 Å². The summed E-state index contributed by atoms with van der Waals surface area (Å²) in [4.78, 5) is 41.8. The lowest BCUT2D eigenvalue weighted by atomic mass is 10.2. The molecule has 1 aromatic heterocycles. The molecule has 0 aliphatic heterocycles. The van der Waals surface area contributed by atoms with Gasteiger partial charge >= 0.3 is 17.6 Å². The van der Waals surface area contributed by atoms with Crippen LogP contribution in [0.2, 0.25) is 0 Å². The molecule has 0 radical (unpaired) electrons. The molecule has 11 nitrogen and oxygen atoms in total. The number of hydrogen-bond acceptors (Lipinski definition) is 10. The van der Waals surface area contributed by atoms with Crippen LogP contribution < -0.4 is 10.6 Å². The molecule has 27 heavy (non-hydrogen) atoms. The molecular formula is C16H25N5O6. The Balaban J connectivity index is 2.86. The number of carbonyl (C=O) groups excluding carboxylic acids is 2. The fraction of sp³-hybridized carbons (Fsp3) is 0.625. The Morgan fingerprint density at radius 1 is 0.963 bits per heavy atom. The summed E-state index contributed by atoms with van der Waals surface area (Å²) in [5, 5.41) is 16.5. The summed E-state index contributed by atoms with van der Waals surface area (Å²) in [5.74, 6) is -1.54. The van der Waals surface area contributed by atoms with E-state index >= 15 is 0 Å².